The normalized spacial score (nSPS) is 10.5. The number of primary amides is 1. The zero-order chi connectivity index (χ0) is 9.42. The first-order chi connectivity index (χ1) is 6.18. The Balaban J connectivity index is 2.72. The minimum atomic E-state index is -0.508. The van der Waals surface area contributed by atoms with Crippen molar-refractivity contribution < 1.29 is 4.79 Å². The average Bonchev–Trinajstić information content (AvgIpc) is 2.47. The quantitative estimate of drug-likeness (QED) is 0.720. The smallest absolute Gasteiger partial charge is 0.250 e. The number of nitrogens with two attached hydrogens (primary N) is 1. The summed E-state index contributed by atoms with van der Waals surface area (Å²) in [5.41, 5.74) is 6.10. The lowest BCUT2D eigenvalue weighted by Gasteiger charge is -1.94. The Morgan fingerprint density at radius 2 is 2.38 bits per heavy atom. The molecule has 0 aromatic carbocycles. The van der Waals surface area contributed by atoms with Gasteiger partial charge in [-0.1, -0.05) is 11.6 Å². The Hall–Kier alpha value is -1.55. The number of amides is 1. The van der Waals surface area contributed by atoms with E-state index in [2.05, 4.69) is 9.97 Å². The highest BCUT2D eigenvalue weighted by Crippen LogP contribution is 2.21. The maximum Gasteiger partial charge on any atom is 0.250 e. The highest BCUT2D eigenvalue weighted by Gasteiger charge is 2.06. The summed E-state index contributed by atoms with van der Waals surface area (Å²) >= 11 is 5.83. The number of hydrogen-bond acceptors (Lipinski definition) is 2. The lowest BCUT2D eigenvalue weighted by molar-refractivity contribution is 0.1000. The summed E-state index contributed by atoms with van der Waals surface area (Å²) in [6, 6.07) is 1.61. The van der Waals surface area contributed by atoms with Crippen LogP contribution in [-0.4, -0.2) is 15.9 Å². The Kier molecular flexibility index (Phi) is 1.70. The van der Waals surface area contributed by atoms with Crippen molar-refractivity contribution >= 4 is 28.5 Å². The molecule has 0 saturated carbocycles. The number of halogens is 1. The zero-order valence-electron chi connectivity index (χ0n) is 6.54. The van der Waals surface area contributed by atoms with Crippen molar-refractivity contribution in [2.75, 3.05) is 0 Å². The second kappa shape index (κ2) is 2.74. The second-order valence-electron chi connectivity index (χ2n) is 2.62. The molecule has 0 aliphatic rings. The zero-order valence-corrected chi connectivity index (χ0v) is 7.30. The fourth-order valence-electron chi connectivity index (χ4n) is 1.11. The van der Waals surface area contributed by atoms with E-state index in [1.165, 1.54) is 6.20 Å². The second-order valence-corrected chi connectivity index (χ2v) is 3.03. The molecule has 0 aliphatic carbocycles. The molecule has 0 unspecified atom stereocenters. The van der Waals surface area contributed by atoms with Crippen LogP contribution >= 0.6 is 11.6 Å². The van der Waals surface area contributed by atoms with E-state index >= 15 is 0 Å². The van der Waals surface area contributed by atoms with Crippen LogP contribution < -0.4 is 5.73 Å². The van der Waals surface area contributed by atoms with Gasteiger partial charge in [0.15, 0.2) is 0 Å². The number of aromatic nitrogens is 2. The summed E-state index contributed by atoms with van der Waals surface area (Å²) in [7, 11) is 0. The van der Waals surface area contributed by atoms with Crippen LogP contribution in [0.3, 0.4) is 0 Å². The van der Waals surface area contributed by atoms with E-state index in [4.69, 9.17) is 17.3 Å². The van der Waals surface area contributed by atoms with Gasteiger partial charge in [0.1, 0.15) is 5.65 Å². The Labute approximate surface area is 78.7 Å². The number of fused-ring (bicyclic) bond motifs is 1. The summed E-state index contributed by atoms with van der Waals surface area (Å²) in [5.74, 6) is -0.508. The van der Waals surface area contributed by atoms with Gasteiger partial charge in [-0.15, -0.1) is 0 Å². The van der Waals surface area contributed by atoms with E-state index in [1.54, 1.807) is 12.3 Å². The van der Waals surface area contributed by atoms with Gasteiger partial charge in [0.25, 0.3) is 0 Å². The maximum atomic E-state index is 10.8. The van der Waals surface area contributed by atoms with Crippen LogP contribution in [0.2, 0.25) is 5.02 Å². The number of nitrogens with zero attached hydrogens (tertiary/aromatic N) is 1. The highest BCUT2D eigenvalue weighted by atomic mass is 35.5. The standard InChI is InChI=1S/C8H6ClN3O/c9-6-3-12-8-5(6)1-4(2-11-8)7(10)13/h1-3H,(H2,10,13)(H,11,12). The van der Waals surface area contributed by atoms with Gasteiger partial charge in [0.05, 0.1) is 10.6 Å². The summed E-state index contributed by atoms with van der Waals surface area (Å²) in [5, 5.41) is 1.24. The number of hydrogen-bond donors (Lipinski definition) is 2. The molecule has 0 saturated heterocycles. The lowest BCUT2D eigenvalue weighted by atomic mass is 10.2. The molecule has 0 aliphatic heterocycles. The lowest BCUT2D eigenvalue weighted by Crippen LogP contribution is -2.10. The van der Waals surface area contributed by atoms with Crippen molar-refractivity contribution in [3.8, 4) is 0 Å². The third-order valence-corrected chi connectivity index (χ3v) is 2.08. The van der Waals surface area contributed by atoms with Crippen molar-refractivity contribution in [2.45, 2.75) is 0 Å². The van der Waals surface area contributed by atoms with Crippen LogP contribution in [0.4, 0.5) is 0 Å². The minimum Gasteiger partial charge on any atom is -0.366 e. The first-order valence-electron chi connectivity index (χ1n) is 3.61. The summed E-state index contributed by atoms with van der Waals surface area (Å²) < 4.78 is 0. The van der Waals surface area contributed by atoms with Crippen LogP contribution in [0.5, 0.6) is 0 Å². The van der Waals surface area contributed by atoms with Crippen molar-refractivity contribution in [3.63, 3.8) is 0 Å². The van der Waals surface area contributed by atoms with Crippen LogP contribution in [-0.2, 0) is 0 Å². The number of nitrogens with one attached hydrogen (secondary N) is 1. The molecule has 2 aromatic rings. The summed E-state index contributed by atoms with van der Waals surface area (Å²) in [6.07, 6.45) is 3.03. The predicted octanol–water partition coefficient (Wildman–Crippen LogP) is 1.32. The molecular formula is C8H6ClN3O. The van der Waals surface area contributed by atoms with Crippen LogP contribution in [0.15, 0.2) is 18.5 Å². The van der Waals surface area contributed by atoms with E-state index in [0.717, 1.165) is 0 Å². The molecule has 13 heavy (non-hydrogen) atoms. The first-order valence-corrected chi connectivity index (χ1v) is 3.98. The van der Waals surface area contributed by atoms with Gasteiger partial charge in [-0.2, -0.15) is 0 Å². The molecule has 1 amide bonds. The molecule has 2 rings (SSSR count). The van der Waals surface area contributed by atoms with Gasteiger partial charge in [0, 0.05) is 17.8 Å². The minimum absolute atomic E-state index is 0.356. The van der Waals surface area contributed by atoms with Crippen molar-refractivity contribution in [1.29, 1.82) is 0 Å². The molecule has 0 fully saturated rings. The van der Waals surface area contributed by atoms with Crippen LogP contribution in [0.1, 0.15) is 10.4 Å². The van der Waals surface area contributed by atoms with E-state index in [9.17, 15) is 4.79 Å². The Morgan fingerprint density at radius 3 is 3.08 bits per heavy atom. The van der Waals surface area contributed by atoms with Gasteiger partial charge in [-0.05, 0) is 6.07 Å². The fourth-order valence-corrected chi connectivity index (χ4v) is 1.30. The molecule has 4 nitrogen and oxygen atoms in total. The van der Waals surface area contributed by atoms with Crippen molar-refractivity contribution in [2.24, 2.45) is 5.73 Å². The van der Waals surface area contributed by atoms with Gasteiger partial charge >= 0.3 is 0 Å². The molecule has 66 valence electrons. The van der Waals surface area contributed by atoms with Crippen molar-refractivity contribution in [3.05, 3.63) is 29.0 Å². The third-order valence-electron chi connectivity index (χ3n) is 1.77. The Bertz CT molecular complexity index is 477. The molecular weight excluding hydrogens is 190 g/mol. The number of carbonyl (C=O) groups is 1. The van der Waals surface area contributed by atoms with Gasteiger partial charge in [-0.25, -0.2) is 4.98 Å². The largest absolute Gasteiger partial charge is 0.366 e. The first kappa shape index (κ1) is 8.07. The van der Waals surface area contributed by atoms with Crippen LogP contribution in [0, 0.1) is 0 Å². The fraction of sp³-hybridized carbons (Fsp3) is 0. The molecule has 2 aromatic heterocycles. The number of rotatable bonds is 1. The number of aromatic amines is 1. The molecule has 3 N–H and O–H groups in total. The third kappa shape index (κ3) is 1.25. The van der Waals surface area contributed by atoms with E-state index in [0.29, 0.717) is 21.6 Å². The Morgan fingerprint density at radius 1 is 1.62 bits per heavy atom. The average molecular weight is 196 g/mol. The predicted molar refractivity (Wildman–Crippen MR) is 49.6 cm³/mol. The number of pyridine rings is 1. The van der Waals surface area contributed by atoms with Crippen LogP contribution in [0.25, 0.3) is 11.0 Å². The molecule has 5 heteroatoms. The van der Waals surface area contributed by atoms with Gasteiger partial charge in [0.2, 0.25) is 5.91 Å². The molecule has 0 bridgehead atoms. The van der Waals surface area contributed by atoms with Gasteiger partial charge in [-0.3, -0.25) is 4.79 Å². The van der Waals surface area contributed by atoms with Crippen molar-refractivity contribution in [1.82, 2.24) is 9.97 Å². The van der Waals surface area contributed by atoms with E-state index in [-0.39, 0.29) is 0 Å². The maximum absolute atomic E-state index is 10.8. The molecule has 0 radical (unpaired) electrons. The van der Waals surface area contributed by atoms with E-state index < -0.39 is 5.91 Å². The van der Waals surface area contributed by atoms with Gasteiger partial charge < -0.3 is 10.7 Å². The highest BCUT2D eigenvalue weighted by molar-refractivity contribution is 6.35. The summed E-state index contributed by atoms with van der Waals surface area (Å²) in [6.45, 7) is 0. The topological polar surface area (TPSA) is 71.8 Å². The molecule has 0 atom stereocenters. The number of H-pyrrole nitrogens is 1. The van der Waals surface area contributed by atoms with E-state index in [1.807, 2.05) is 0 Å². The summed E-state index contributed by atoms with van der Waals surface area (Å²) in [4.78, 5) is 17.6. The monoisotopic (exact) mass is 195 g/mol. The number of carbonyl (C=O) groups excluding carboxylic acids is 1. The molecule has 0 spiro atoms. The SMILES string of the molecule is NC(=O)c1cnc2[nH]cc(Cl)c2c1. The molecule has 2 heterocycles.